The summed E-state index contributed by atoms with van der Waals surface area (Å²) < 4.78 is 0. The van der Waals surface area contributed by atoms with E-state index in [1.165, 1.54) is 0 Å². The maximum Gasteiger partial charge on any atom is 0.253 e. The number of rotatable bonds is 7. The summed E-state index contributed by atoms with van der Waals surface area (Å²) in [6, 6.07) is 7.43. The number of carbonyl (C=O) groups is 2. The summed E-state index contributed by atoms with van der Waals surface area (Å²) in [5.74, 6) is 0.0314. The molecule has 0 bridgehead atoms. The molecule has 0 aliphatic carbocycles. The van der Waals surface area contributed by atoms with Crippen LogP contribution >= 0.6 is 24.8 Å². The van der Waals surface area contributed by atoms with Crippen molar-refractivity contribution in [2.24, 2.45) is 0 Å². The first-order valence-electron chi connectivity index (χ1n) is 9.01. The summed E-state index contributed by atoms with van der Waals surface area (Å²) in [4.78, 5) is 28.6. The Labute approximate surface area is 174 Å². The third-order valence-corrected chi connectivity index (χ3v) is 4.71. The standard InChI is InChI=1S/C19H30N4O2.2ClH/c1-20-12-4-7-18(24)21-16-10-8-15(9-11-16)19(25)23(3)17-6-5-13-22(2)14-17;;/h8-11,17,20H,4-7,12-14H2,1-3H3,(H,21,24);2*1H. The maximum atomic E-state index is 12.7. The normalized spacial score (nSPS) is 16.6. The second kappa shape index (κ2) is 12.9. The maximum absolute atomic E-state index is 12.7. The first-order chi connectivity index (χ1) is 12.0. The van der Waals surface area contributed by atoms with Crippen molar-refractivity contribution in [3.8, 4) is 0 Å². The first-order valence-corrected chi connectivity index (χ1v) is 9.01. The van der Waals surface area contributed by atoms with Crippen molar-refractivity contribution in [1.82, 2.24) is 15.1 Å². The molecule has 2 amide bonds. The van der Waals surface area contributed by atoms with Crippen LogP contribution in [0.3, 0.4) is 0 Å². The minimum atomic E-state index is -0.00307. The predicted molar refractivity (Wildman–Crippen MR) is 115 cm³/mol. The highest BCUT2D eigenvalue weighted by atomic mass is 35.5. The van der Waals surface area contributed by atoms with Crippen LogP contribution in [0, 0.1) is 0 Å². The van der Waals surface area contributed by atoms with Crippen molar-refractivity contribution in [2.75, 3.05) is 46.1 Å². The molecule has 1 aliphatic heterocycles. The topological polar surface area (TPSA) is 64.7 Å². The molecule has 0 saturated carbocycles. The van der Waals surface area contributed by atoms with Gasteiger partial charge in [0.1, 0.15) is 0 Å². The fraction of sp³-hybridized carbons (Fsp3) is 0.579. The number of nitrogens with zero attached hydrogens (tertiary/aromatic N) is 2. The average molecular weight is 419 g/mol. The minimum absolute atomic E-state index is 0. The Balaban J connectivity index is 0.00000338. The zero-order valence-electron chi connectivity index (χ0n) is 16.4. The van der Waals surface area contributed by atoms with Gasteiger partial charge in [-0.1, -0.05) is 0 Å². The van der Waals surface area contributed by atoms with Gasteiger partial charge in [0.2, 0.25) is 5.91 Å². The Kier molecular flexibility index (Phi) is 12.3. The van der Waals surface area contributed by atoms with Gasteiger partial charge in [-0.05, 0) is 70.7 Å². The SMILES string of the molecule is CNCCCC(=O)Nc1ccc(C(=O)N(C)C2CCCN(C)C2)cc1.Cl.Cl. The van der Waals surface area contributed by atoms with Gasteiger partial charge in [-0.3, -0.25) is 9.59 Å². The summed E-state index contributed by atoms with van der Waals surface area (Å²) in [5.41, 5.74) is 1.38. The number of likely N-dealkylation sites (tertiary alicyclic amines) is 1. The molecular weight excluding hydrogens is 387 g/mol. The number of hydrogen-bond acceptors (Lipinski definition) is 4. The van der Waals surface area contributed by atoms with E-state index in [0.29, 0.717) is 12.0 Å². The lowest BCUT2D eigenvalue weighted by atomic mass is 10.0. The van der Waals surface area contributed by atoms with E-state index in [1.807, 2.05) is 19.0 Å². The van der Waals surface area contributed by atoms with Gasteiger partial charge in [-0.25, -0.2) is 0 Å². The number of anilines is 1. The number of hydrogen-bond donors (Lipinski definition) is 2. The van der Waals surface area contributed by atoms with E-state index >= 15 is 0 Å². The molecule has 2 N–H and O–H groups in total. The fourth-order valence-electron chi connectivity index (χ4n) is 3.17. The molecule has 1 atom stereocenters. The van der Waals surface area contributed by atoms with Crippen molar-refractivity contribution in [3.63, 3.8) is 0 Å². The van der Waals surface area contributed by atoms with Crippen LogP contribution in [0.2, 0.25) is 0 Å². The summed E-state index contributed by atoms with van der Waals surface area (Å²) in [5, 5.41) is 5.89. The smallest absolute Gasteiger partial charge is 0.253 e. The summed E-state index contributed by atoms with van der Waals surface area (Å²) in [7, 11) is 5.85. The summed E-state index contributed by atoms with van der Waals surface area (Å²) in [6.45, 7) is 2.84. The van der Waals surface area contributed by atoms with E-state index in [-0.39, 0.29) is 42.7 Å². The van der Waals surface area contributed by atoms with Gasteiger partial charge >= 0.3 is 0 Å². The van der Waals surface area contributed by atoms with Crippen molar-refractivity contribution >= 4 is 42.3 Å². The third-order valence-electron chi connectivity index (χ3n) is 4.71. The van der Waals surface area contributed by atoms with Crippen LogP contribution in [0.25, 0.3) is 0 Å². The van der Waals surface area contributed by atoms with Gasteiger partial charge in [0.05, 0.1) is 0 Å². The molecule has 1 heterocycles. The average Bonchev–Trinajstić information content (AvgIpc) is 2.61. The molecule has 1 unspecified atom stereocenters. The monoisotopic (exact) mass is 418 g/mol. The Morgan fingerprint density at radius 3 is 2.48 bits per heavy atom. The van der Waals surface area contributed by atoms with Crippen LogP contribution in [-0.2, 0) is 4.79 Å². The number of amides is 2. The summed E-state index contributed by atoms with van der Waals surface area (Å²) in [6.07, 6.45) is 3.46. The van der Waals surface area contributed by atoms with E-state index in [9.17, 15) is 9.59 Å². The van der Waals surface area contributed by atoms with Gasteiger partial charge in [0.25, 0.3) is 5.91 Å². The lowest BCUT2D eigenvalue weighted by molar-refractivity contribution is -0.116. The fourth-order valence-corrected chi connectivity index (χ4v) is 3.17. The molecule has 1 saturated heterocycles. The highest BCUT2D eigenvalue weighted by Gasteiger charge is 2.25. The lowest BCUT2D eigenvalue weighted by Crippen LogP contribution is -2.47. The first kappa shape index (κ1) is 25.7. The molecule has 1 aromatic carbocycles. The van der Waals surface area contributed by atoms with Crippen molar-refractivity contribution in [3.05, 3.63) is 29.8 Å². The molecule has 1 fully saturated rings. The van der Waals surface area contributed by atoms with Crippen LogP contribution < -0.4 is 10.6 Å². The Bertz CT molecular complexity index is 584. The number of carbonyl (C=O) groups excluding carboxylic acids is 2. The quantitative estimate of drug-likeness (QED) is 0.667. The zero-order valence-corrected chi connectivity index (χ0v) is 18.0. The number of halogens is 2. The largest absolute Gasteiger partial charge is 0.337 e. The van der Waals surface area contributed by atoms with E-state index < -0.39 is 0 Å². The molecule has 1 aliphatic rings. The van der Waals surface area contributed by atoms with Crippen LogP contribution in [0.4, 0.5) is 5.69 Å². The molecule has 27 heavy (non-hydrogen) atoms. The van der Waals surface area contributed by atoms with Crippen molar-refractivity contribution in [2.45, 2.75) is 31.7 Å². The molecule has 154 valence electrons. The van der Waals surface area contributed by atoms with Crippen LogP contribution in [0.5, 0.6) is 0 Å². The predicted octanol–water partition coefficient (Wildman–Crippen LogP) is 2.63. The van der Waals surface area contributed by atoms with Gasteiger partial charge in [-0.2, -0.15) is 0 Å². The molecule has 0 aromatic heterocycles. The van der Waals surface area contributed by atoms with E-state index in [1.54, 1.807) is 24.3 Å². The van der Waals surface area contributed by atoms with Crippen molar-refractivity contribution < 1.29 is 9.59 Å². The van der Waals surface area contributed by atoms with E-state index in [2.05, 4.69) is 22.6 Å². The van der Waals surface area contributed by atoms with Gasteiger partial charge in [0.15, 0.2) is 0 Å². The molecule has 0 spiro atoms. The van der Waals surface area contributed by atoms with Crippen LogP contribution in [-0.4, -0.2) is 68.4 Å². The molecule has 8 heteroatoms. The molecule has 0 radical (unpaired) electrons. The Morgan fingerprint density at radius 1 is 1.22 bits per heavy atom. The number of likely N-dealkylation sites (N-methyl/N-ethyl adjacent to an activating group) is 2. The second-order valence-corrected chi connectivity index (χ2v) is 6.81. The van der Waals surface area contributed by atoms with E-state index in [0.717, 1.165) is 44.6 Å². The zero-order chi connectivity index (χ0) is 18.2. The molecule has 6 nitrogen and oxygen atoms in total. The molecule has 2 rings (SSSR count). The van der Waals surface area contributed by atoms with Crippen LogP contribution in [0.1, 0.15) is 36.0 Å². The highest BCUT2D eigenvalue weighted by molar-refractivity contribution is 5.95. The molecule has 1 aromatic rings. The van der Waals surface area contributed by atoms with Crippen molar-refractivity contribution in [1.29, 1.82) is 0 Å². The van der Waals surface area contributed by atoms with Gasteiger partial charge in [0, 0.05) is 37.3 Å². The number of benzene rings is 1. The molecular formula is C19H32Cl2N4O2. The summed E-state index contributed by atoms with van der Waals surface area (Å²) >= 11 is 0. The Hall–Kier alpha value is -1.34. The highest BCUT2D eigenvalue weighted by Crippen LogP contribution is 2.17. The third kappa shape index (κ3) is 8.05. The van der Waals surface area contributed by atoms with Crippen LogP contribution in [0.15, 0.2) is 24.3 Å². The second-order valence-electron chi connectivity index (χ2n) is 6.81. The van der Waals surface area contributed by atoms with Gasteiger partial charge < -0.3 is 20.4 Å². The number of nitrogens with one attached hydrogen (secondary N) is 2. The van der Waals surface area contributed by atoms with E-state index in [4.69, 9.17) is 0 Å². The van der Waals surface area contributed by atoms with Gasteiger partial charge in [-0.15, -0.1) is 24.8 Å². The minimum Gasteiger partial charge on any atom is -0.337 e. The lowest BCUT2D eigenvalue weighted by Gasteiger charge is -2.35. The number of piperidine rings is 1. The Morgan fingerprint density at radius 2 is 1.89 bits per heavy atom.